The predicted octanol–water partition coefficient (Wildman–Crippen LogP) is 11.2. The molecule has 0 unspecified atom stereocenters. The highest BCUT2D eigenvalue weighted by atomic mass is 16.3. The Labute approximate surface area is 290 Å². The topological polar surface area (TPSA) is 82.8 Å². The van der Waals surface area contributed by atoms with E-state index in [0.717, 1.165) is 82.5 Å². The first-order chi connectivity index (χ1) is 25.3. The Morgan fingerprint density at radius 3 is 1.88 bits per heavy atom. The Balaban J connectivity index is 1.17. The molecule has 0 saturated carbocycles. The van der Waals surface area contributed by atoms with Crippen molar-refractivity contribution < 1.29 is 8.83 Å². The van der Waals surface area contributed by atoms with Crippen molar-refractivity contribution >= 4 is 65.7 Å². The molecular weight excluding hydrogens is 631 g/mol. The molecule has 6 aromatic carbocycles. The van der Waals surface area contributed by atoms with Gasteiger partial charge in [0.15, 0.2) is 23.1 Å². The van der Waals surface area contributed by atoms with E-state index < -0.39 is 0 Å². The Morgan fingerprint density at radius 1 is 0.431 bits per heavy atom. The smallest absolute Gasteiger partial charge is 0.166 e. The van der Waals surface area contributed by atoms with Crippen LogP contribution in [0, 0.1) is 0 Å². The van der Waals surface area contributed by atoms with Gasteiger partial charge in [-0.1, -0.05) is 97.1 Å². The normalized spacial score (nSPS) is 11.9. The molecule has 238 valence electrons. The van der Waals surface area contributed by atoms with Crippen LogP contribution in [0.2, 0.25) is 0 Å². The van der Waals surface area contributed by atoms with Crippen molar-refractivity contribution in [2.24, 2.45) is 0 Å². The largest absolute Gasteiger partial charge is 0.455 e. The number of benzene rings is 6. The van der Waals surface area contributed by atoms with E-state index in [-0.39, 0.29) is 0 Å². The number of furan rings is 2. The summed E-state index contributed by atoms with van der Waals surface area (Å²) in [4.78, 5) is 19.5. The molecule has 0 atom stereocenters. The molecule has 0 aliphatic carbocycles. The Morgan fingerprint density at radius 2 is 1.10 bits per heavy atom. The summed E-state index contributed by atoms with van der Waals surface area (Å²) in [5.74, 6) is 1.71. The first-order valence-electron chi connectivity index (χ1n) is 16.8. The van der Waals surface area contributed by atoms with Gasteiger partial charge in [-0.05, 0) is 42.5 Å². The zero-order chi connectivity index (χ0) is 33.5. The molecule has 7 nitrogen and oxygen atoms in total. The number of hydrogen-bond acceptors (Lipinski definition) is 6. The second-order valence-electron chi connectivity index (χ2n) is 12.7. The maximum absolute atomic E-state index is 6.53. The SMILES string of the molecule is c1ccc(-c2nc(-c3ccccc3)nc(-c3cncc4oc5ccc(-n6c7ccccc7c7c8oc9ccccc9c8ccc76)cc5c34)n2)cc1. The molecule has 7 heteroatoms. The standard InChI is InChI=1S/C44H25N5O2/c1-3-11-26(12-4-1)42-46-43(27-13-5-2-6-14-27)48-44(47-42)33-24-45-25-38-39(33)32-23-28(19-22-37(32)50-38)49-34-17-9-7-16-31(34)40-35(49)21-20-30-29-15-8-10-18-36(29)51-41(30)40/h1-25H. The van der Waals surface area contributed by atoms with Crippen LogP contribution in [0.25, 0.3) is 106 Å². The maximum Gasteiger partial charge on any atom is 0.166 e. The number of pyridine rings is 1. The number of fused-ring (bicyclic) bond motifs is 10. The van der Waals surface area contributed by atoms with Crippen LogP contribution in [-0.4, -0.2) is 24.5 Å². The molecule has 0 amide bonds. The molecule has 0 aliphatic heterocycles. The van der Waals surface area contributed by atoms with Gasteiger partial charge in [-0.15, -0.1) is 0 Å². The van der Waals surface area contributed by atoms with Crippen molar-refractivity contribution in [2.75, 3.05) is 0 Å². The maximum atomic E-state index is 6.53. The van der Waals surface area contributed by atoms with Crippen LogP contribution < -0.4 is 0 Å². The van der Waals surface area contributed by atoms with E-state index in [1.807, 2.05) is 85.1 Å². The van der Waals surface area contributed by atoms with Gasteiger partial charge in [0.05, 0.1) is 22.6 Å². The van der Waals surface area contributed by atoms with Crippen LogP contribution in [0.15, 0.2) is 161 Å². The zero-order valence-corrected chi connectivity index (χ0v) is 27.0. The first-order valence-corrected chi connectivity index (χ1v) is 16.8. The van der Waals surface area contributed by atoms with Crippen molar-refractivity contribution in [3.8, 4) is 39.9 Å². The van der Waals surface area contributed by atoms with E-state index in [1.54, 1.807) is 6.20 Å². The van der Waals surface area contributed by atoms with Gasteiger partial charge in [-0.3, -0.25) is 4.98 Å². The molecule has 0 aliphatic rings. The summed E-state index contributed by atoms with van der Waals surface area (Å²) in [7, 11) is 0. The predicted molar refractivity (Wildman–Crippen MR) is 203 cm³/mol. The number of para-hydroxylation sites is 2. The van der Waals surface area contributed by atoms with E-state index in [4.69, 9.17) is 23.8 Å². The Kier molecular flexibility index (Phi) is 5.83. The van der Waals surface area contributed by atoms with E-state index in [2.05, 4.69) is 70.2 Å². The van der Waals surface area contributed by atoms with Gasteiger partial charge in [0, 0.05) is 55.5 Å². The van der Waals surface area contributed by atoms with Crippen LogP contribution >= 0.6 is 0 Å². The molecule has 11 rings (SSSR count). The number of hydrogen-bond donors (Lipinski definition) is 0. The Hall–Kier alpha value is -7.12. The van der Waals surface area contributed by atoms with Gasteiger partial charge in [0.25, 0.3) is 0 Å². The fraction of sp³-hybridized carbons (Fsp3) is 0. The summed E-state index contributed by atoms with van der Waals surface area (Å²) in [5.41, 5.74) is 8.93. The van der Waals surface area contributed by atoms with Crippen molar-refractivity contribution in [1.29, 1.82) is 0 Å². The summed E-state index contributed by atoms with van der Waals surface area (Å²) in [5, 5.41) is 6.28. The fourth-order valence-corrected chi connectivity index (χ4v) is 7.47. The first kappa shape index (κ1) is 27.8. The lowest BCUT2D eigenvalue weighted by molar-refractivity contribution is 0.667. The number of rotatable bonds is 4. The molecule has 0 saturated heterocycles. The van der Waals surface area contributed by atoms with E-state index >= 15 is 0 Å². The summed E-state index contributed by atoms with van der Waals surface area (Å²) in [6, 6.07) is 47.4. The highest BCUT2D eigenvalue weighted by Gasteiger charge is 2.21. The minimum absolute atomic E-state index is 0.526. The van der Waals surface area contributed by atoms with Crippen molar-refractivity contribution in [1.82, 2.24) is 24.5 Å². The van der Waals surface area contributed by atoms with Crippen LogP contribution in [0.3, 0.4) is 0 Å². The van der Waals surface area contributed by atoms with E-state index in [9.17, 15) is 0 Å². The van der Waals surface area contributed by atoms with Gasteiger partial charge >= 0.3 is 0 Å². The number of aromatic nitrogens is 5. The van der Waals surface area contributed by atoms with Gasteiger partial charge in [0.1, 0.15) is 16.7 Å². The van der Waals surface area contributed by atoms with Gasteiger partial charge in [0.2, 0.25) is 0 Å². The summed E-state index contributed by atoms with van der Waals surface area (Å²) in [6.07, 6.45) is 3.58. The third-order valence-corrected chi connectivity index (χ3v) is 9.74. The van der Waals surface area contributed by atoms with E-state index in [0.29, 0.717) is 23.1 Å². The van der Waals surface area contributed by atoms with Crippen molar-refractivity contribution in [3.05, 3.63) is 152 Å². The lowest BCUT2D eigenvalue weighted by atomic mass is 10.1. The molecule has 11 aromatic rings. The lowest BCUT2D eigenvalue weighted by Gasteiger charge is -2.10. The monoisotopic (exact) mass is 655 g/mol. The highest BCUT2D eigenvalue weighted by molar-refractivity contribution is 6.24. The minimum Gasteiger partial charge on any atom is -0.455 e. The average Bonchev–Trinajstić information content (AvgIpc) is 3.87. The van der Waals surface area contributed by atoms with Crippen molar-refractivity contribution in [2.45, 2.75) is 0 Å². The third-order valence-electron chi connectivity index (χ3n) is 9.74. The van der Waals surface area contributed by atoms with Crippen LogP contribution in [0.1, 0.15) is 0 Å². The highest BCUT2D eigenvalue weighted by Crippen LogP contribution is 2.42. The van der Waals surface area contributed by atoms with E-state index in [1.165, 1.54) is 0 Å². The van der Waals surface area contributed by atoms with Crippen LogP contribution in [0.5, 0.6) is 0 Å². The molecular formula is C44H25N5O2. The van der Waals surface area contributed by atoms with Crippen LogP contribution in [-0.2, 0) is 0 Å². The molecule has 51 heavy (non-hydrogen) atoms. The summed E-state index contributed by atoms with van der Waals surface area (Å²) >= 11 is 0. The van der Waals surface area contributed by atoms with Gasteiger partial charge in [-0.2, -0.15) is 0 Å². The van der Waals surface area contributed by atoms with Gasteiger partial charge < -0.3 is 13.4 Å². The zero-order valence-electron chi connectivity index (χ0n) is 27.0. The van der Waals surface area contributed by atoms with Gasteiger partial charge in [-0.25, -0.2) is 15.0 Å². The fourth-order valence-electron chi connectivity index (χ4n) is 7.47. The third kappa shape index (κ3) is 4.18. The molecule has 0 fully saturated rings. The molecule has 0 N–H and O–H groups in total. The quantitative estimate of drug-likeness (QED) is 0.188. The molecule has 0 radical (unpaired) electrons. The molecule has 5 heterocycles. The lowest BCUT2D eigenvalue weighted by Crippen LogP contribution is -2.00. The minimum atomic E-state index is 0.526. The van der Waals surface area contributed by atoms with Crippen LogP contribution in [0.4, 0.5) is 0 Å². The average molecular weight is 656 g/mol. The molecule has 0 spiro atoms. The summed E-state index contributed by atoms with van der Waals surface area (Å²) in [6.45, 7) is 0. The molecule has 5 aromatic heterocycles. The summed E-state index contributed by atoms with van der Waals surface area (Å²) < 4.78 is 15.3. The molecule has 0 bridgehead atoms. The number of nitrogens with zero attached hydrogens (tertiary/aromatic N) is 5. The Bertz CT molecular complexity index is 3080. The second-order valence-corrected chi connectivity index (χ2v) is 12.7. The van der Waals surface area contributed by atoms with Crippen molar-refractivity contribution in [3.63, 3.8) is 0 Å². The second kappa shape index (κ2) is 10.7.